The summed E-state index contributed by atoms with van der Waals surface area (Å²) in [7, 11) is 2.06. The van der Waals surface area contributed by atoms with Crippen LogP contribution in [0.1, 0.15) is 25.3 Å². The molecular weight excluding hydrogens is 416 g/mol. The molecule has 2 amide bonds. The molecule has 4 rings (SSSR count). The van der Waals surface area contributed by atoms with E-state index in [1.807, 2.05) is 23.1 Å². The maximum atomic E-state index is 12.5. The quantitative estimate of drug-likeness (QED) is 0.724. The zero-order valence-electron chi connectivity index (χ0n) is 20.1. The average Bonchev–Trinajstić information content (AvgIpc) is 2.83. The van der Waals surface area contributed by atoms with E-state index in [1.54, 1.807) is 0 Å². The Hall–Kier alpha value is -2.71. The summed E-state index contributed by atoms with van der Waals surface area (Å²) in [6, 6.07) is 7.99. The molecule has 2 aliphatic rings. The molecule has 33 heavy (non-hydrogen) atoms. The number of carbonyl (C=O) groups is 2. The van der Waals surface area contributed by atoms with E-state index in [4.69, 9.17) is 4.98 Å². The van der Waals surface area contributed by atoms with Gasteiger partial charge in [-0.15, -0.1) is 0 Å². The summed E-state index contributed by atoms with van der Waals surface area (Å²) in [5.74, 6) is 0.951. The van der Waals surface area contributed by atoms with Crippen LogP contribution in [0.15, 0.2) is 24.3 Å². The second kappa shape index (κ2) is 10.5. The number of fused-ring (bicyclic) bond motifs is 1. The molecule has 1 aromatic carbocycles. The Bertz CT molecular complexity index is 994. The number of likely N-dealkylation sites (N-methyl/N-ethyl adjacent to an activating group) is 2. The highest BCUT2D eigenvalue weighted by atomic mass is 16.2. The number of pyridine rings is 1. The number of aryl methyl sites for hydroxylation is 1. The van der Waals surface area contributed by atoms with Gasteiger partial charge in [0.1, 0.15) is 5.82 Å². The lowest BCUT2D eigenvalue weighted by Gasteiger charge is -2.35. The molecular formula is C25H36N6O2. The van der Waals surface area contributed by atoms with E-state index in [0.717, 1.165) is 86.9 Å². The van der Waals surface area contributed by atoms with E-state index >= 15 is 0 Å². The largest absolute Gasteiger partial charge is 0.354 e. The van der Waals surface area contributed by atoms with Gasteiger partial charge in [0.05, 0.1) is 5.52 Å². The van der Waals surface area contributed by atoms with Crippen molar-refractivity contribution in [2.45, 2.75) is 26.7 Å². The van der Waals surface area contributed by atoms with Crippen LogP contribution in [0.2, 0.25) is 0 Å². The van der Waals surface area contributed by atoms with Gasteiger partial charge in [0, 0.05) is 76.3 Å². The summed E-state index contributed by atoms with van der Waals surface area (Å²) in [4.78, 5) is 38.6. The second-order valence-electron chi connectivity index (χ2n) is 9.18. The number of rotatable bonds is 6. The Morgan fingerprint density at radius 1 is 0.970 bits per heavy atom. The summed E-state index contributed by atoms with van der Waals surface area (Å²) in [5, 5.41) is 3.99. The standard InChI is InChI=1S/C25H36N6O2/c1-4-29-11-15-30(16-12-29)23-17-19(2)21-18-20(5-6-22(21)27-23)26-24(32)7-8-25(33)31-13-9-28(3)10-14-31/h5-6,17-18H,4,7-16H2,1-3H3,(H,26,32). The summed E-state index contributed by atoms with van der Waals surface area (Å²) >= 11 is 0. The predicted octanol–water partition coefficient (Wildman–Crippen LogP) is 2.18. The second-order valence-corrected chi connectivity index (χ2v) is 9.18. The summed E-state index contributed by atoms with van der Waals surface area (Å²) in [6.45, 7) is 12.8. The molecule has 8 nitrogen and oxygen atoms in total. The van der Waals surface area contributed by atoms with Crippen LogP contribution < -0.4 is 10.2 Å². The molecule has 0 spiro atoms. The molecule has 2 saturated heterocycles. The molecule has 0 radical (unpaired) electrons. The van der Waals surface area contributed by atoms with Crippen molar-refractivity contribution in [1.82, 2.24) is 19.7 Å². The first kappa shape index (κ1) is 23.4. The van der Waals surface area contributed by atoms with Crippen molar-refractivity contribution in [2.75, 3.05) is 76.2 Å². The third-order valence-corrected chi connectivity index (χ3v) is 6.85. The minimum absolute atomic E-state index is 0.0594. The van der Waals surface area contributed by atoms with E-state index in [2.05, 4.69) is 47.0 Å². The number of hydrogen-bond acceptors (Lipinski definition) is 6. The van der Waals surface area contributed by atoms with Gasteiger partial charge >= 0.3 is 0 Å². The normalized spacial score (nSPS) is 18.0. The number of hydrogen-bond donors (Lipinski definition) is 1. The van der Waals surface area contributed by atoms with Crippen LogP contribution in [0.5, 0.6) is 0 Å². The van der Waals surface area contributed by atoms with E-state index in [-0.39, 0.29) is 24.7 Å². The van der Waals surface area contributed by atoms with Gasteiger partial charge in [-0.1, -0.05) is 6.92 Å². The molecule has 2 aliphatic heterocycles. The molecule has 8 heteroatoms. The van der Waals surface area contributed by atoms with Crippen molar-refractivity contribution in [1.29, 1.82) is 0 Å². The molecule has 0 atom stereocenters. The Kier molecular flexibility index (Phi) is 7.45. The third kappa shape index (κ3) is 5.81. The highest BCUT2D eigenvalue weighted by Gasteiger charge is 2.20. The van der Waals surface area contributed by atoms with Crippen molar-refractivity contribution < 1.29 is 9.59 Å². The van der Waals surface area contributed by atoms with Crippen LogP contribution in [0.3, 0.4) is 0 Å². The fourth-order valence-electron chi connectivity index (χ4n) is 4.57. The summed E-state index contributed by atoms with van der Waals surface area (Å²) in [6.07, 6.45) is 0.446. The molecule has 3 heterocycles. The maximum absolute atomic E-state index is 12.5. The molecule has 0 bridgehead atoms. The highest BCUT2D eigenvalue weighted by Crippen LogP contribution is 2.26. The Morgan fingerprint density at radius 3 is 2.39 bits per heavy atom. The smallest absolute Gasteiger partial charge is 0.224 e. The Labute approximate surface area is 196 Å². The zero-order valence-corrected chi connectivity index (χ0v) is 20.1. The molecule has 0 saturated carbocycles. The molecule has 1 aromatic heterocycles. The van der Waals surface area contributed by atoms with Gasteiger partial charge in [0.25, 0.3) is 0 Å². The fraction of sp³-hybridized carbons (Fsp3) is 0.560. The molecule has 2 aromatic rings. The highest BCUT2D eigenvalue weighted by molar-refractivity contribution is 5.96. The lowest BCUT2D eigenvalue weighted by atomic mass is 10.1. The number of aromatic nitrogens is 1. The van der Waals surface area contributed by atoms with Gasteiger partial charge < -0.3 is 24.9 Å². The van der Waals surface area contributed by atoms with Gasteiger partial charge in [0.2, 0.25) is 11.8 Å². The monoisotopic (exact) mass is 452 g/mol. The van der Waals surface area contributed by atoms with Crippen molar-refractivity contribution in [3.05, 3.63) is 29.8 Å². The topological polar surface area (TPSA) is 72.0 Å². The minimum atomic E-state index is -0.132. The number of nitrogens with zero attached hydrogens (tertiary/aromatic N) is 5. The summed E-state index contributed by atoms with van der Waals surface area (Å²) < 4.78 is 0. The number of anilines is 2. The van der Waals surface area contributed by atoms with Crippen molar-refractivity contribution in [2.24, 2.45) is 0 Å². The van der Waals surface area contributed by atoms with Crippen molar-refractivity contribution in [3.8, 4) is 0 Å². The van der Waals surface area contributed by atoms with E-state index in [0.29, 0.717) is 0 Å². The van der Waals surface area contributed by atoms with Gasteiger partial charge in [-0.25, -0.2) is 4.98 Å². The van der Waals surface area contributed by atoms with Crippen LogP contribution in [0, 0.1) is 6.92 Å². The molecule has 1 N–H and O–H groups in total. The first-order chi connectivity index (χ1) is 15.9. The molecule has 2 fully saturated rings. The number of carbonyl (C=O) groups excluding carboxylic acids is 2. The van der Waals surface area contributed by atoms with Gasteiger partial charge in [-0.3, -0.25) is 9.59 Å². The summed E-state index contributed by atoms with van der Waals surface area (Å²) in [5.41, 5.74) is 2.83. The van der Waals surface area contributed by atoms with Crippen LogP contribution >= 0.6 is 0 Å². The van der Waals surface area contributed by atoms with Gasteiger partial charge in [-0.05, 0) is 50.3 Å². The predicted molar refractivity (Wildman–Crippen MR) is 133 cm³/mol. The lowest BCUT2D eigenvalue weighted by Crippen LogP contribution is -2.47. The number of amides is 2. The van der Waals surface area contributed by atoms with E-state index in [1.165, 1.54) is 0 Å². The number of benzene rings is 1. The number of piperazine rings is 2. The SMILES string of the molecule is CCN1CCN(c2cc(C)c3cc(NC(=O)CCC(=O)N4CCN(C)CC4)ccc3n2)CC1. The Balaban J connectivity index is 1.35. The molecule has 0 aliphatic carbocycles. The first-order valence-corrected chi connectivity index (χ1v) is 12.1. The third-order valence-electron chi connectivity index (χ3n) is 6.85. The minimum Gasteiger partial charge on any atom is -0.354 e. The van der Waals surface area contributed by atoms with Crippen LogP contribution in [0.4, 0.5) is 11.5 Å². The zero-order chi connectivity index (χ0) is 23.4. The van der Waals surface area contributed by atoms with Crippen molar-refractivity contribution >= 4 is 34.2 Å². The van der Waals surface area contributed by atoms with Gasteiger partial charge in [0.15, 0.2) is 0 Å². The van der Waals surface area contributed by atoms with Crippen LogP contribution in [-0.2, 0) is 9.59 Å². The van der Waals surface area contributed by atoms with Crippen LogP contribution in [-0.4, -0.2) is 97.4 Å². The maximum Gasteiger partial charge on any atom is 0.224 e. The van der Waals surface area contributed by atoms with Crippen molar-refractivity contribution in [3.63, 3.8) is 0 Å². The average molecular weight is 453 g/mol. The van der Waals surface area contributed by atoms with E-state index in [9.17, 15) is 9.59 Å². The van der Waals surface area contributed by atoms with Crippen LogP contribution in [0.25, 0.3) is 10.9 Å². The first-order valence-electron chi connectivity index (χ1n) is 12.1. The lowest BCUT2D eigenvalue weighted by molar-refractivity contribution is -0.134. The Morgan fingerprint density at radius 2 is 1.70 bits per heavy atom. The van der Waals surface area contributed by atoms with Gasteiger partial charge in [-0.2, -0.15) is 0 Å². The molecule has 0 unspecified atom stereocenters. The molecule has 178 valence electrons. The fourth-order valence-corrected chi connectivity index (χ4v) is 4.57. The van der Waals surface area contributed by atoms with E-state index < -0.39 is 0 Å². The number of nitrogens with one attached hydrogen (secondary N) is 1.